The molecule has 1 aromatic carbocycles. The predicted molar refractivity (Wildman–Crippen MR) is 84.3 cm³/mol. The number of ether oxygens (including phenoxy) is 1. The number of carbonyl (C=O) groups is 1. The van der Waals surface area contributed by atoms with Crippen molar-refractivity contribution in [1.82, 2.24) is 14.7 Å². The Morgan fingerprint density at radius 1 is 1.36 bits per heavy atom. The molecule has 1 amide bonds. The summed E-state index contributed by atoms with van der Waals surface area (Å²) < 4.78 is 7.28. The molecule has 1 saturated heterocycles. The van der Waals surface area contributed by atoms with Gasteiger partial charge in [0.2, 0.25) is 0 Å². The zero-order valence-corrected chi connectivity index (χ0v) is 13.2. The van der Waals surface area contributed by atoms with E-state index in [0.29, 0.717) is 12.1 Å². The highest BCUT2D eigenvalue weighted by molar-refractivity contribution is 5.95. The van der Waals surface area contributed by atoms with E-state index in [2.05, 4.69) is 5.10 Å². The maximum Gasteiger partial charge on any atom is 0.254 e. The van der Waals surface area contributed by atoms with Gasteiger partial charge in [0.1, 0.15) is 5.75 Å². The number of hydrogen-bond donors (Lipinski definition) is 0. The van der Waals surface area contributed by atoms with Crippen LogP contribution in [0.3, 0.4) is 0 Å². The molecule has 1 aliphatic heterocycles. The molecule has 1 unspecified atom stereocenters. The highest BCUT2D eigenvalue weighted by Crippen LogP contribution is 2.25. The van der Waals surface area contributed by atoms with Crippen LogP contribution in [0.2, 0.25) is 0 Å². The first-order valence-electron chi connectivity index (χ1n) is 7.53. The first kappa shape index (κ1) is 14.6. The summed E-state index contributed by atoms with van der Waals surface area (Å²) in [7, 11) is 1.63. The van der Waals surface area contributed by atoms with Crippen molar-refractivity contribution in [3.05, 3.63) is 47.3 Å². The Morgan fingerprint density at radius 3 is 2.86 bits per heavy atom. The van der Waals surface area contributed by atoms with E-state index >= 15 is 0 Å². The molecular weight excluding hydrogens is 278 g/mol. The molecule has 116 valence electrons. The lowest BCUT2D eigenvalue weighted by Crippen LogP contribution is -2.29. The molecule has 0 radical (unpaired) electrons. The number of aryl methyl sites for hydroxylation is 2. The third kappa shape index (κ3) is 2.71. The quantitative estimate of drug-likeness (QED) is 0.875. The number of hydrogen-bond acceptors (Lipinski definition) is 3. The largest absolute Gasteiger partial charge is 0.496 e. The van der Waals surface area contributed by atoms with Crippen LogP contribution in [0.4, 0.5) is 0 Å². The fourth-order valence-corrected chi connectivity index (χ4v) is 2.91. The van der Waals surface area contributed by atoms with Gasteiger partial charge in [0.05, 0.1) is 19.3 Å². The second-order valence-corrected chi connectivity index (χ2v) is 5.88. The van der Waals surface area contributed by atoms with Crippen molar-refractivity contribution in [2.75, 3.05) is 20.2 Å². The minimum Gasteiger partial charge on any atom is -0.496 e. The fourth-order valence-electron chi connectivity index (χ4n) is 2.91. The van der Waals surface area contributed by atoms with E-state index in [1.807, 2.05) is 54.0 Å². The van der Waals surface area contributed by atoms with Gasteiger partial charge in [0.15, 0.2) is 0 Å². The minimum atomic E-state index is 0.0599. The van der Waals surface area contributed by atoms with Gasteiger partial charge in [-0.25, -0.2) is 0 Å². The molecule has 22 heavy (non-hydrogen) atoms. The van der Waals surface area contributed by atoms with Crippen molar-refractivity contribution in [3.63, 3.8) is 0 Å². The zero-order valence-electron chi connectivity index (χ0n) is 13.2. The molecule has 1 fully saturated rings. The summed E-state index contributed by atoms with van der Waals surface area (Å²) >= 11 is 0. The van der Waals surface area contributed by atoms with Gasteiger partial charge in [0, 0.05) is 24.8 Å². The molecule has 0 saturated carbocycles. The summed E-state index contributed by atoms with van der Waals surface area (Å²) in [6.45, 7) is 5.47. The summed E-state index contributed by atoms with van der Waals surface area (Å²) in [5, 5.41) is 4.36. The molecule has 1 aromatic heterocycles. The van der Waals surface area contributed by atoms with Gasteiger partial charge in [-0.05, 0) is 43.5 Å². The highest BCUT2D eigenvalue weighted by Gasteiger charge is 2.28. The van der Waals surface area contributed by atoms with Crippen molar-refractivity contribution >= 4 is 5.91 Å². The summed E-state index contributed by atoms with van der Waals surface area (Å²) in [4.78, 5) is 14.5. The predicted octanol–water partition coefficient (Wildman–Crippen LogP) is 2.60. The van der Waals surface area contributed by atoms with Crippen molar-refractivity contribution < 1.29 is 9.53 Å². The Bertz CT molecular complexity index is 693. The van der Waals surface area contributed by atoms with Crippen LogP contribution in [0, 0.1) is 13.8 Å². The van der Waals surface area contributed by atoms with Crippen molar-refractivity contribution in [2.45, 2.75) is 26.3 Å². The van der Waals surface area contributed by atoms with Crippen molar-refractivity contribution in [3.8, 4) is 5.75 Å². The summed E-state index contributed by atoms with van der Waals surface area (Å²) in [6, 6.07) is 5.88. The summed E-state index contributed by atoms with van der Waals surface area (Å²) in [6.07, 6.45) is 4.83. The lowest BCUT2D eigenvalue weighted by molar-refractivity contribution is 0.0786. The van der Waals surface area contributed by atoms with Gasteiger partial charge in [-0.2, -0.15) is 5.10 Å². The highest BCUT2D eigenvalue weighted by atomic mass is 16.5. The van der Waals surface area contributed by atoms with Gasteiger partial charge in [-0.3, -0.25) is 9.48 Å². The van der Waals surface area contributed by atoms with Crippen LogP contribution < -0.4 is 4.74 Å². The lowest BCUT2D eigenvalue weighted by Gasteiger charge is -2.17. The van der Waals surface area contributed by atoms with Crippen LogP contribution in [0.1, 0.15) is 33.9 Å². The molecule has 2 heterocycles. The van der Waals surface area contributed by atoms with Crippen LogP contribution in [0.15, 0.2) is 30.6 Å². The Balaban J connectivity index is 1.74. The Kier molecular flexibility index (Phi) is 3.88. The monoisotopic (exact) mass is 299 g/mol. The average molecular weight is 299 g/mol. The molecule has 0 aliphatic carbocycles. The number of carbonyl (C=O) groups excluding carboxylic acids is 1. The van der Waals surface area contributed by atoms with Gasteiger partial charge in [0.25, 0.3) is 5.91 Å². The van der Waals surface area contributed by atoms with Crippen LogP contribution in [0.5, 0.6) is 5.75 Å². The Labute approximate surface area is 130 Å². The van der Waals surface area contributed by atoms with Crippen LogP contribution in [-0.4, -0.2) is 40.8 Å². The number of amides is 1. The molecule has 5 nitrogen and oxygen atoms in total. The summed E-state index contributed by atoms with van der Waals surface area (Å²) in [5.74, 6) is 0.814. The van der Waals surface area contributed by atoms with Gasteiger partial charge < -0.3 is 9.64 Å². The number of aromatic nitrogens is 2. The van der Waals surface area contributed by atoms with E-state index in [-0.39, 0.29) is 11.9 Å². The topological polar surface area (TPSA) is 47.4 Å². The minimum absolute atomic E-state index is 0.0599. The normalized spacial score (nSPS) is 17.8. The third-order valence-electron chi connectivity index (χ3n) is 4.21. The van der Waals surface area contributed by atoms with E-state index in [1.54, 1.807) is 7.11 Å². The SMILES string of the molecule is COc1cc(C(=O)N2CCC(n3cc(C)cn3)C2)ccc1C. The number of rotatable bonds is 3. The molecule has 5 heteroatoms. The first-order chi connectivity index (χ1) is 10.6. The maximum absolute atomic E-state index is 12.6. The number of likely N-dealkylation sites (tertiary alicyclic amines) is 1. The number of methoxy groups -OCH3 is 1. The average Bonchev–Trinajstić information content (AvgIpc) is 3.15. The van der Waals surface area contributed by atoms with E-state index in [9.17, 15) is 4.79 Å². The van der Waals surface area contributed by atoms with Crippen molar-refractivity contribution in [1.29, 1.82) is 0 Å². The van der Waals surface area contributed by atoms with Gasteiger partial charge in [-0.1, -0.05) is 6.07 Å². The van der Waals surface area contributed by atoms with Gasteiger partial charge >= 0.3 is 0 Å². The maximum atomic E-state index is 12.6. The number of benzene rings is 1. The zero-order chi connectivity index (χ0) is 15.7. The molecule has 1 aliphatic rings. The van der Waals surface area contributed by atoms with Crippen molar-refractivity contribution in [2.24, 2.45) is 0 Å². The van der Waals surface area contributed by atoms with E-state index < -0.39 is 0 Å². The molecule has 2 aromatic rings. The van der Waals surface area contributed by atoms with Crippen LogP contribution in [0.25, 0.3) is 0 Å². The first-order valence-corrected chi connectivity index (χ1v) is 7.53. The van der Waals surface area contributed by atoms with E-state index in [0.717, 1.165) is 29.8 Å². The fraction of sp³-hybridized carbons (Fsp3) is 0.412. The van der Waals surface area contributed by atoms with E-state index in [4.69, 9.17) is 4.74 Å². The Hall–Kier alpha value is -2.30. The molecule has 0 bridgehead atoms. The third-order valence-corrected chi connectivity index (χ3v) is 4.21. The molecule has 0 N–H and O–H groups in total. The van der Waals surface area contributed by atoms with Crippen LogP contribution in [-0.2, 0) is 0 Å². The second kappa shape index (κ2) is 5.83. The van der Waals surface area contributed by atoms with Gasteiger partial charge in [-0.15, -0.1) is 0 Å². The van der Waals surface area contributed by atoms with Crippen LogP contribution >= 0.6 is 0 Å². The molecular formula is C17H21N3O2. The van der Waals surface area contributed by atoms with E-state index in [1.165, 1.54) is 0 Å². The smallest absolute Gasteiger partial charge is 0.254 e. The number of nitrogens with zero attached hydrogens (tertiary/aromatic N) is 3. The standard InChI is InChI=1S/C17H21N3O2/c1-12-9-18-20(10-12)15-6-7-19(11-15)17(21)14-5-4-13(2)16(8-14)22-3/h4-5,8-10,15H,6-7,11H2,1-3H3. The summed E-state index contributed by atoms with van der Waals surface area (Å²) in [5.41, 5.74) is 2.86. The molecule has 1 atom stereocenters. The molecule has 0 spiro atoms. The second-order valence-electron chi connectivity index (χ2n) is 5.88. The lowest BCUT2D eigenvalue weighted by atomic mass is 10.1. The molecule has 3 rings (SSSR count). The Morgan fingerprint density at radius 2 is 2.18 bits per heavy atom.